The Morgan fingerprint density at radius 1 is 1.00 bits per heavy atom. The first kappa shape index (κ1) is 12.8. The second kappa shape index (κ2) is 9.88. The van der Waals surface area contributed by atoms with Crippen LogP contribution in [0.1, 0.15) is 0 Å². The van der Waals surface area contributed by atoms with E-state index in [-0.39, 0.29) is 12.9 Å². The molecular formula is C8H18O5. The lowest BCUT2D eigenvalue weighted by atomic mass is 10.6. The van der Waals surface area contributed by atoms with Crippen molar-refractivity contribution in [3.05, 3.63) is 0 Å². The van der Waals surface area contributed by atoms with Crippen molar-refractivity contribution in [2.75, 3.05) is 47.3 Å². The zero-order valence-electron chi connectivity index (χ0n) is 8.19. The van der Waals surface area contributed by atoms with Crippen LogP contribution >= 0.6 is 0 Å². The molecule has 13 heavy (non-hydrogen) atoms. The fourth-order valence-electron chi connectivity index (χ4n) is 0.696. The van der Waals surface area contributed by atoms with Crippen LogP contribution in [-0.4, -0.2) is 58.7 Å². The van der Waals surface area contributed by atoms with E-state index in [1.54, 1.807) is 14.2 Å². The van der Waals surface area contributed by atoms with Gasteiger partial charge in [-0.2, -0.15) is 0 Å². The van der Waals surface area contributed by atoms with Crippen molar-refractivity contribution in [3.8, 4) is 0 Å². The standard InChI is InChI=1S/C8H18O5/c1-10-8(11-2)7-13-6-5-12-4-3-9/h8-9H,3-7H2,1-2H3. The van der Waals surface area contributed by atoms with E-state index < -0.39 is 0 Å². The number of ether oxygens (including phenoxy) is 4. The lowest BCUT2D eigenvalue weighted by Crippen LogP contribution is -2.21. The molecule has 0 spiro atoms. The molecule has 5 heteroatoms. The molecule has 0 aromatic carbocycles. The second-order valence-electron chi connectivity index (χ2n) is 2.31. The van der Waals surface area contributed by atoms with Gasteiger partial charge in [-0.05, 0) is 0 Å². The number of hydrogen-bond donors (Lipinski definition) is 1. The molecule has 0 aromatic heterocycles. The molecule has 0 bridgehead atoms. The summed E-state index contributed by atoms with van der Waals surface area (Å²) in [5.41, 5.74) is 0. The maximum Gasteiger partial charge on any atom is 0.180 e. The highest BCUT2D eigenvalue weighted by Gasteiger charge is 2.03. The molecule has 0 heterocycles. The van der Waals surface area contributed by atoms with E-state index in [2.05, 4.69) is 0 Å². The van der Waals surface area contributed by atoms with E-state index in [0.29, 0.717) is 26.4 Å². The van der Waals surface area contributed by atoms with Gasteiger partial charge in [0.15, 0.2) is 6.29 Å². The molecular weight excluding hydrogens is 176 g/mol. The first-order valence-electron chi connectivity index (χ1n) is 4.17. The fourth-order valence-corrected chi connectivity index (χ4v) is 0.696. The lowest BCUT2D eigenvalue weighted by molar-refractivity contribution is -0.143. The average molecular weight is 194 g/mol. The minimum Gasteiger partial charge on any atom is -0.394 e. The van der Waals surface area contributed by atoms with Gasteiger partial charge in [-0.1, -0.05) is 0 Å². The Kier molecular flexibility index (Phi) is 9.73. The van der Waals surface area contributed by atoms with Gasteiger partial charge in [0.25, 0.3) is 0 Å². The quantitative estimate of drug-likeness (QED) is 0.401. The number of aliphatic hydroxyl groups excluding tert-OH is 1. The van der Waals surface area contributed by atoms with Gasteiger partial charge in [-0.15, -0.1) is 0 Å². The summed E-state index contributed by atoms with van der Waals surface area (Å²) < 4.78 is 19.9. The van der Waals surface area contributed by atoms with Gasteiger partial charge in [-0.3, -0.25) is 0 Å². The zero-order chi connectivity index (χ0) is 9.94. The average Bonchev–Trinajstić information content (AvgIpc) is 2.17. The molecule has 0 amide bonds. The van der Waals surface area contributed by atoms with Crippen LogP contribution in [0.2, 0.25) is 0 Å². The third-order valence-corrected chi connectivity index (χ3v) is 1.39. The van der Waals surface area contributed by atoms with Crippen LogP contribution in [0.25, 0.3) is 0 Å². The van der Waals surface area contributed by atoms with Gasteiger partial charge in [0.1, 0.15) is 0 Å². The van der Waals surface area contributed by atoms with E-state index in [1.165, 1.54) is 0 Å². The maximum absolute atomic E-state index is 8.38. The summed E-state index contributed by atoms with van der Waals surface area (Å²) in [5, 5.41) is 8.38. The second-order valence-corrected chi connectivity index (χ2v) is 2.31. The van der Waals surface area contributed by atoms with Crippen LogP contribution in [0.5, 0.6) is 0 Å². The Morgan fingerprint density at radius 3 is 2.15 bits per heavy atom. The molecule has 0 aromatic rings. The number of methoxy groups -OCH3 is 2. The molecule has 0 saturated carbocycles. The SMILES string of the molecule is COC(COCCOCCO)OC. The van der Waals surface area contributed by atoms with Crippen LogP contribution in [0, 0.1) is 0 Å². The smallest absolute Gasteiger partial charge is 0.180 e. The molecule has 0 aliphatic rings. The highest BCUT2D eigenvalue weighted by molar-refractivity contribution is 4.38. The predicted octanol–water partition coefficient (Wildman–Crippen LogP) is -0.369. The largest absolute Gasteiger partial charge is 0.394 e. The van der Waals surface area contributed by atoms with E-state index in [1.807, 2.05) is 0 Å². The molecule has 0 aliphatic heterocycles. The highest BCUT2D eigenvalue weighted by atomic mass is 16.7. The monoisotopic (exact) mass is 194 g/mol. The first-order valence-corrected chi connectivity index (χ1v) is 4.17. The van der Waals surface area contributed by atoms with E-state index in [4.69, 9.17) is 24.1 Å². The molecule has 0 rings (SSSR count). The van der Waals surface area contributed by atoms with Gasteiger partial charge < -0.3 is 24.1 Å². The summed E-state index contributed by atoms with van der Waals surface area (Å²) in [5.74, 6) is 0. The van der Waals surface area contributed by atoms with Gasteiger partial charge in [0, 0.05) is 14.2 Å². The molecule has 0 fully saturated rings. The Bertz CT molecular complexity index is 94.5. The van der Waals surface area contributed by atoms with Crippen molar-refractivity contribution >= 4 is 0 Å². The first-order chi connectivity index (χ1) is 6.35. The third-order valence-electron chi connectivity index (χ3n) is 1.39. The van der Waals surface area contributed by atoms with Crippen molar-refractivity contribution in [2.24, 2.45) is 0 Å². The summed E-state index contributed by atoms with van der Waals surface area (Å²) in [6.07, 6.45) is -0.321. The minimum absolute atomic E-state index is 0.0404. The van der Waals surface area contributed by atoms with Crippen LogP contribution in [0.4, 0.5) is 0 Å². The van der Waals surface area contributed by atoms with Crippen LogP contribution in [0.3, 0.4) is 0 Å². The highest BCUT2D eigenvalue weighted by Crippen LogP contribution is 1.91. The Hall–Kier alpha value is -0.200. The number of aliphatic hydroxyl groups is 1. The topological polar surface area (TPSA) is 57.2 Å². The number of hydrogen-bond acceptors (Lipinski definition) is 5. The summed E-state index contributed by atoms with van der Waals surface area (Å²) in [7, 11) is 3.11. The van der Waals surface area contributed by atoms with E-state index >= 15 is 0 Å². The van der Waals surface area contributed by atoms with Crippen molar-refractivity contribution in [2.45, 2.75) is 6.29 Å². The Morgan fingerprint density at radius 2 is 1.62 bits per heavy atom. The van der Waals surface area contributed by atoms with Crippen molar-refractivity contribution in [1.29, 1.82) is 0 Å². The lowest BCUT2D eigenvalue weighted by Gasteiger charge is -2.13. The molecule has 0 atom stereocenters. The summed E-state index contributed by atoms with van der Waals surface area (Å²) in [4.78, 5) is 0. The molecule has 5 nitrogen and oxygen atoms in total. The third kappa shape index (κ3) is 8.14. The van der Waals surface area contributed by atoms with Crippen molar-refractivity contribution < 1.29 is 24.1 Å². The van der Waals surface area contributed by atoms with Crippen LogP contribution in [-0.2, 0) is 18.9 Å². The number of rotatable bonds is 9. The molecule has 0 radical (unpaired) electrons. The summed E-state index contributed by atoms with van der Waals surface area (Å²) in [6.45, 7) is 1.72. The van der Waals surface area contributed by atoms with Gasteiger partial charge in [-0.25, -0.2) is 0 Å². The van der Waals surface area contributed by atoms with Crippen LogP contribution in [0.15, 0.2) is 0 Å². The molecule has 0 aliphatic carbocycles. The molecule has 80 valence electrons. The van der Waals surface area contributed by atoms with Crippen molar-refractivity contribution in [1.82, 2.24) is 0 Å². The van der Waals surface area contributed by atoms with E-state index in [9.17, 15) is 0 Å². The Labute approximate surface area is 78.5 Å². The van der Waals surface area contributed by atoms with Crippen molar-refractivity contribution in [3.63, 3.8) is 0 Å². The Balaban J connectivity index is 3.05. The molecule has 0 saturated heterocycles. The molecule has 1 N–H and O–H groups in total. The van der Waals surface area contributed by atoms with Crippen LogP contribution < -0.4 is 0 Å². The van der Waals surface area contributed by atoms with Gasteiger partial charge in [0.05, 0.1) is 33.0 Å². The fraction of sp³-hybridized carbons (Fsp3) is 1.00. The van der Waals surface area contributed by atoms with Gasteiger partial charge in [0.2, 0.25) is 0 Å². The zero-order valence-corrected chi connectivity index (χ0v) is 8.19. The predicted molar refractivity (Wildman–Crippen MR) is 46.5 cm³/mol. The summed E-state index contributed by atoms with van der Waals surface area (Å²) >= 11 is 0. The maximum atomic E-state index is 8.38. The minimum atomic E-state index is -0.321. The van der Waals surface area contributed by atoms with Gasteiger partial charge >= 0.3 is 0 Å². The molecule has 0 unspecified atom stereocenters. The normalized spacial score (nSPS) is 11.1. The van der Waals surface area contributed by atoms with E-state index in [0.717, 1.165) is 0 Å². The summed E-state index contributed by atoms with van der Waals surface area (Å²) in [6, 6.07) is 0.